The first-order valence-electron chi connectivity index (χ1n) is 10.4. The van der Waals surface area contributed by atoms with Crippen LogP contribution >= 0.6 is 0 Å². The van der Waals surface area contributed by atoms with Crippen LogP contribution in [-0.2, 0) is 19.4 Å². The van der Waals surface area contributed by atoms with E-state index in [9.17, 15) is 18.0 Å². The number of carbonyl (C=O) groups excluding carboxylic acids is 2. The molecule has 2 aromatic rings. The number of rotatable bonds is 4. The van der Waals surface area contributed by atoms with Crippen LogP contribution < -0.4 is 19.3 Å². The highest BCUT2D eigenvalue weighted by Gasteiger charge is 2.43. The highest BCUT2D eigenvalue weighted by Crippen LogP contribution is 2.37. The van der Waals surface area contributed by atoms with Crippen LogP contribution in [0.1, 0.15) is 6.42 Å². The van der Waals surface area contributed by atoms with Gasteiger partial charge in [0.25, 0.3) is 5.91 Å². The van der Waals surface area contributed by atoms with Crippen molar-refractivity contribution < 1.29 is 27.5 Å². The molecule has 0 radical (unpaired) electrons. The first kappa shape index (κ1) is 20.8. The van der Waals surface area contributed by atoms with Gasteiger partial charge < -0.3 is 14.4 Å². The van der Waals surface area contributed by atoms with Gasteiger partial charge in [0.1, 0.15) is 0 Å². The Bertz CT molecular complexity index is 1170. The molecular formula is C22H23N3O6S. The lowest BCUT2D eigenvalue weighted by Crippen LogP contribution is -2.52. The number of anilines is 2. The number of amides is 2. The van der Waals surface area contributed by atoms with Gasteiger partial charge in [-0.2, -0.15) is 0 Å². The lowest BCUT2D eigenvalue weighted by molar-refractivity contribution is -0.123. The number of fused-ring (bicyclic) bond motifs is 1. The number of piperazine rings is 1. The first-order chi connectivity index (χ1) is 15.3. The molecule has 0 N–H and O–H groups in total. The second-order valence-electron chi connectivity index (χ2n) is 8.11. The monoisotopic (exact) mass is 457 g/mol. The minimum Gasteiger partial charge on any atom is -0.454 e. The zero-order chi connectivity index (χ0) is 22.5. The fraction of sp³-hybridized carbons (Fsp3) is 0.364. The number of ether oxygens (including phenoxy) is 2. The molecule has 0 aliphatic carbocycles. The maximum Gasteiger partial charge on any atom is 0.251 e. The number of carbonyl (C=O) groups is 2. The highest BCUT2D eigenvalue weighted by atomic mass is 32.2. The Morgan fingerprint density at radius 3 is 2.22 bits per heavy atom. The van der Waals surface area contributed by atoms with E-state index >= 15 is 0 Å². The summed E-state index contributed by atoms with van der Waals surface area (Å²) in [5.41, 5.74) is 1.43. The van der Waals surface area contributed by atoms with E-state index in [0.29, 0.717) is 48.3 Å². The van der Waals surface area contributed by atoms with Crippen LogP contribution in [0.3, 0.4) is 0 Å². The molecule has 0 aromatic heterocycles. The van der Waals surface area contributed by atoms with Gasteiger partial charge in [0, 0.05) is 44.2 Å². The van der Waals surface area contributed by atoms with Crippen LogP contribution in [-0.4, -0.2) is 70.4 Å². The van der Waals surface area contributed by atoms with Gasteiger partial charge in [-0.05, 0) is 36.4 Å². The zero-order valence-corrected chi connectivity index (χ0v) is 18.4. The Labute approximate surface area is 186 Å². The lowest BCUT2D eigenvalue weighted by atomic mass is 10.1. The number of hydrogen-bond acceptors (Lipinski definition) is 8. The Balaban J connectivity index is 1.25. The molecule has 168 valence electrons. The maximum atomic E-state index is 13.1. The molecular weight excluding hydrogens is 434 g/mol. The minimum atomic E-state index is -3.23. The van der Waals surface area contributed by atoms with Crippen molar-refractivity contribution >= 4 is 33.0 Å². The molecule has 3 aliphatic heterocycles. The van der Waals surface area contributed by atoms with Crippen molar-refractivity contribution in [2.75, 3.05) is 49.0 Å². The van der Waals surface area contributed by atoms with Gasteiger partial charge in [0.2, 0.25) is 12.7 Å². The Morgan fingerprint density at radius 1 is 0.875 bits per heavy atom. The summed E-state index contributed by atoms with van der Waals surface area (Å²) in [6.07, 6.45) is 1.34. The van der Waals surface area contributed by atoms with E-state index in [0.717, 1.165) is 5.69 Å². The van der Waals surface area contributed by atoms with Crippen LogP contribution in [0, 0.1) is 0 Å². The van der Waals surface area contributed by atoms with Gasteiger partial charge in [-0.3, -0.25) is 14.5 Å². The number of benzene rings is 2. The summed E-state index contributed by atoms with van der Waals surface area (Å²) < 4.78 is 34.0. The van der Waals surface area contributed by atoms with Gasteiger partial charge in [-0.15, -0.1) is 0 Å². The van der Waals surface area contributed by atoms with Gasteiger partial charge in [0.15, 0.2) is 21.3 Å². The lowest BCUT2D eigenvalue weighted by Gasteiger charge is -2.38. The SMILES string of the molecule is CS(=O)(=O)c1ccc(N2CCN(C3CC(=O)N(c4ccc5c(c4)OCO5)C3=O)CC2)cc1. The standard InChI is InChI=1S/C22H23N3O6S/c1-32(28,29)17-5-2-15(3-6-17)23-8-10-24(11-9-23)18-13-21(26)25(22(18)27)16-4-7-19-20(12-16)31-14-30-19/h2-7,12,18H,8-11,13-14H2,1H3. The van der Waals surface area contributed by atoms with Crippen molar-refractivity contribution in [1.29, 1.82) is 0 Å². The predicted molar refractivity (Wildman–Crippen MR) is 117 cm³/mol. The third kappa shape index (κ3) is 3.69. The third-order valence-corrected chi connectivity index (χ3v) is 7.25. The molecule has 2 amide bonds. The van der Waals surface area contributed by atoms with Crippen LogP contribution in [0.25, 0.3) is 0 Å². The highest BCUT2D eigenvalue weighted by molar-refractivity contribution is 7.90. The van der Waals surface area contributed by atoms with Gasteiger partial charge in [-0.1, -0.05) is 0 Å². The molecule has 1 atom stereocenters. The Kier molecular flexibility index (Phi) is 5.06. The van der Waals surface area contributed by atoms with Crippen molar-refractivity contribution in [1.82, 2.24) is 4.90 Å². The molecule has 9 nitrogen and oxygen atoms in total. The largest absolute Gasteiger partial charge is 0.454 e. The number of imide groups is 1. The van der Waals surface area contributed by atoms with E-state index < -0.39 is 15.9 Å². The number of hydrogen-bond donors (Lipinski definition) is 0. The van der Waals surface area contributed by atoms with E-state index in [1.807, 2.05) is 0 Å². The smallest absolute Gasteiger partial charge is 0.251 e. The van der Waals surface area contributed by atoms with Crippen LogP contribution in [0.15, 0.2) is 47.4 Å². The third-order valence-electron chi connectivity index (χ3n) is 6.12. The van der Waals surface area contributed by atoms with Crippen molar-refractivity contribution in [2.45, 2.75) is 17.4 Å². The molecule has 0 bridgehead atoms. The van der Waals surface area contributed by atoms with Gasteiger partial charge in [-0.25, -0.2) is 13.3 Å². The van der Waals surface area contributed by atoms with E-state index in [2.05, 4.69) is 9.80 Å². The molecule has 3 heterocycles. The molecule has 2 aromatic carbocycles. The summed E-state index contributed by atoms with van der Waals surface area (Å²) in [4.78, 5) is 31.5. The van der Waals surface area contributed by atoms with Crippen molar-refractivity contribution in [3.63, 3.8) is 0 Å². The van der Waals surface area contributed by atoms with Crippen molar-refractivity contribution in [2.24, 2.45) is 0 Å². The summed E-state index contributed by atoms with van der Waals surface area (Å²) in [5, 5.41) is 0. The molecule has 2 fully saturated rings. The average molecular weight is 458 g/mol. The van der Waals surface area contributed by atoms with E-state index in [1.54, 1.807) is 42.5 Å². The van der Waals surface area contributed by atoms with E-state index in [4.69, 9.17) is 9.47 Å². The van der Waals surface area contributed by atoms with Gasteiger partial charge in [0.05, 0.1) is 23.0 Å². The summed E-state index contributed by atoms with van der Waals surface area (Å²) in [5.74, 6) is 0.685. The fourth-order valence-corrected chi connectivity index (χ4v) is 5.02. The quantitative estimate of drug-likeness (QED) is 0.634. The molecule has 5 rings (SSSR count). The van der Waals surface area contributed by atoms with Crippen molar-refractivity contribution in [3.05, 3.63) is 42.5 Å². The topological polar surface area (TPSA) is 96.5 Å². The molecule has 32 heavy (non-hydrogen) atoms. The maximum absolute atomic E-state index is 13.1. The molecule has 10 heteroatoms. The molecule has 2 saturated heterocycles. The minimum absolute atomic E-state index is 0.130. The Hall–Kier alpha value is -3.11. The number of sulfone groups is 1. The summed E-state index contributed by atoms with van der Waals surface area (Å²) in [6, 6.07) is 11.4. The molecule has 0 spiro atoms. The van der Waals surface area contributed by atoms with Crippen LogP contribution in [0.5, 0.6) is 11.5 Å². The fourth-order valence-electron chi connectivity index (χ4n) is 4.39. The average Bonchev–Trinajstić information content (AvgIpc) is 3.36. The summed E-state index contributed by atoms with van der Waals surface area (Å²) >= 11 is 0. The molecule has 0 saturated carbocycles. The molecule has 1 unspecified atom stereocenters. The summed E-state index contributed by atoms with van der Waals surface area (Å²) in [7, 11) is -3.23. The Morgan fingerprint density at radius 2 is 1.53 bits per heavy atom. The second kappa shape index (κ2) is 7.79. The van der Waals surface area contributed by atoms with Gasteiger partial charge >= 0.3 is 0 Å². The van der Waals surface area contributed by atoms with E-state index in [-0.39, 0.29) is 25.0 Å². The predicted octanol–water partition coefficient (Wildman–Crippen LogP) is 1.27. The zero-order valence-electron chi connectivity index (χ0n) is 17.6. The van der Waals surface area contributed by atoms with Crippen LogP contribution in [0.2, 0.25) is 0 Å². The summed E-state index contributed by atoms with van der Waals surface area (Å²) in [6.45, 7) is 2.75. The number of nitrogens with zero attached hydrogens (tertiary/aromatic N) is 3. The normalized spacial score (nSPS) is 21.5. The van der Waals surface area contributed by atoms with E-state index in [1.165, 1.54) is 11.2 Å². The van der Waals surface area contributed by atoms with Crippen LogP contribution in [0.4, 0.5) is 11.4 Å². The molecule has 3 aliphatic rings. The second-order valence-corrected chi connectivity index (χ2v) is 10.1. The van der Waals surface area contributed by atoms with Crippen molar-refractivity contribution in [3.8, 4) is 11.5 Å². The first-order valence-corrected chi connectivity index (χ1v) is 12.3.